The molecule has 126 valence electrons. The van der Waals surface area contributed by atoms with Crippen molar-refractivity contribution in [1.82, 2.24) is 25.8 Å². The van der Waals surface area contributed by atoms with Crippen molar-refractivity contribution in [2.75, 3.05) is 33.4 Å². The van der Waals surface area contributed by atoms with Crippen molar-refractivity contribution in [3.8, 4) is 0 Å². The van der Waals surface area contributed by atoms with Gasteiger partial charge < -0.3 is 10.7 Å². The zero-order valence-electron chi connectivity index (χ0n) is 12.9. The number of imide groups is 1. The molecule has 0 atom stereocenters. The summed E-state index contributed by atoms with van der Waals surface area (Å²) in [5, 5.41) is 6.10. The van der Waals surface area contributed by atoms with Gasteiger partial charge in [-0.3, -0.25) is 24.3 Å². The number of hydrazine groups is 2. The largest absolute Gasteiger partial charge is 0.356 e. The Bertz CT molecular complexity index is 531. The zero-order valence-corrected chi connectivity index (χ0v) is 12.9. The van der Waals surface area contributed by atoms with E-state index in [1.807, 2.05) is 0 Å². The number of alkyl halides is 1. The van der Waals surface area contributed by atoms with Crippen molar-refractivity contribution < 1.29 is 18.8 Å². The van der Waals surface area contributed by atoms with E-state index in [1.165, 1.54) is 12.2 Å². The molecule has 0 aliphatic carbocycles. The summed E-state index contributed by atoms with van der Waals surface area (Å²) < 4.78 is 12.3. The molecule has 0 saturated carbocycles. The maximum absolute atomic E-state index is 12.3. The predicted molar refractivity (Wildman–Crippen MR) is 79.8 cm³/mol. The van der Waals surface area contributed by atoms with Crippen LogP contribution < -0.4 is 10.7 Å². The van der Waals surface area contributed by atoms with Crippen LogP contribution >= 0.6 is 0 Å². The molecule has 3 amide bonds. The first-order valence-electron chi connectivity index (χ1n) is 7.35. The Morgan fingerprint density at radius 2 is 1.96 bits per heavy atom. The number of nitrogens with one attached hydrogen (secondary N) is 2. The third kappa shape index (κ3) is 4.52. The number of amides is 3. The molecule has 0 fully saturated rings. The topological polar surface area (TPSA) is 85.0 Å². The molecule has 2 aliphatic heterocycles. The summed E-state index contributed by atoms with van der Waals surface area (Å²) in [6.45, 7) is 0.306. The quantitative estimate of drug-likeness (QED) is 0.573. The van der Waals surface area contributed by atoms with Gasteiger partial charge in [-0.1, -0.05) is 0 Å². The summed E-state index contributed by atoms with van der Waals surface area (Å²) >= 11 is 0. The normalized spacial score (nSPS) is 17.7. The first kappa shape index (κ1) is 16.9. The summed E-state index contributed by atoms with van der Waals surface area (Å²) in [6.07, 6.45) is 4.82. The summed E-state index contributed by atoms with van der Waals surface area (Å²) in [4.78, 5) is 35.4. The van der Waals surface area contributed by atoms with Crippen LogP contribution in [0, 0.1) is 0 Å². The van der Waals surface area contributed by atoms with Gasteiger partial charge in [-0.15, -0.1) is 5.12 Å². The summed E-state index contributed by atoms with van der Waals surface area (Å²) in [5.74, 6) is -1.01. The standard InChI is InChI=1S/C14H20FN5O3/c1-18-17-11(10-19(18)9-6-15)4-7-16-12(21)5-8-20-13(22)2-3-14(20)23/h2-3,10,17H,4-9H2,1H3,(H,16,21). The third-order valence-corrected chi connectivity index (χ3v) is 3.49. The average molecular weight is 325 g/mol. The van der Waals surface area contributed by atoms with Crippen LogP contribution in [0.15, 0.2) is 24.0 Å². The molecule has 9 heteroatoms. The van der Waals surface area contributed by atoms with Gasteiger partial charge in [-0.25, -0.2) is 4.39 Å². The molecule has 0 aromatic heterocycles. The molecule has 0 bridgehead atoms. The Balaban J connectivity index is 1.65. The zero-order chi connectivity index (χ0) is 16.8. The van der Waals surface area contributed by atoms with Crippen LogP contribution in [0.5, 0.6) is 0 Å². The molecule has 2 aliphatic rings. The van der Waals surface area contributed by atoms with E-state index in [9.17, 15) is 18.8 Å². The molecular weight excluding hydrogens is 305 g/mol. The fourth-order valence-electron chi connectivity index (χ4n) is 2.28. The highest BCUT2D eigenvalue weighted by Crippen LogP contribution is 2.10. The molecule has 0 aromatic carbocycles. The van der Waals surface area contributed by atoms with Gasteiger partial charge in [0.2, 0.25) is 5.91 Å². The lowest BCUT2D eigenvalue weighted by atomic mass is 10.3. The third-order valence-electron chi connectivity index (χ3n) is 3.49. The molecule has 0 unspecified atom stereocenters. The van der Waals surface area contributed by atoms with E-state index in [-0.39, 0.29) is 37.2 Å². The van der Waals surface area contributed by atoms with Crippen LogP contribution in [-0.2, 0) is 14.4 Å². The van der Waals surface area contributed by atoms with Crippen molar-refractivity contribution in [2.45, 2.75) is 12.8 Å². The summed E-state index contributed by atoms with van der Waals surface area (Å²) in [7, 11) is 1.77. The fourth-order valence-corrected chi connectivity index (χ4v) is 2.28. The maximum Gasteiger partial charge on any atom is 0.253 e. The van der Waals surface area contributed by atoms with Crippen molar-refractivity contribution in [1.29, 1.82) is 0 Å². The minimum absolute atomic E-state index is 0.0690. The van der Waals surface area contributed by atoms with Gasteiger partial charge in [0.05, 0.1) is 6.54 Å². The molecule has 23 heavy (non-hydrogen) atoms. The molecule has 2 heterocycles. The highest BCUT2D eigenvalue weighted by molar-refractivity contribution is 6.13. The maximum atomic E-state index is 12.3. The van der Waals surface area contributed by atoms with Crippen LogP contribution in [0.25, 0.3) is 0 Å². The lowest BCUT2D eigenvalue weighted by Gasteiger charge is -2.23. The second kappa shape index (κ2) is 7.73. The lowest BCUT2D eigenvalue weighted by molar-refractivity contribution is -0.137. The monoisotopic (exact) mass is 325 g/mol. The first-order valence-corrected chi connectivity index (χ1v) is 7.35. The van der Waals surface area contributed by atoms with Gasteiger partial charge in [0.25, 0.3) is 11.8 Å². The lowest BCUT2D eigenvalue weighted by Crippen LogP contribution is -2.40. The highest BCUT2D eigenvalue weighted by Gasteiger charge is 2.23. The van der Waals surface area contributed by atoms with Crippen LogP contribution in [0.1, 0.15) is 12.8 Å². The molecule has 2 rings (SSSR count). The van der Waals surface area contributed by atoms with Crippen molar-refractivity contribution in [2.24, 2.45) is 0 Å². The Morgan fingerprint density at radius 3 is 2.61 bits per heavy atom. The Morgan fingerprint density at radius 1 is 1.26 bits per heavy atom. The molecular formula is C14H20FN5O3. The second-order valence-corrected chi connectivity index (χ2v) is 5.15. The Hall–Kier alpha value is -2.42. The van der Waals surface area contributed by atoms with Gasteiger partial charge in [0.15, 0.2) is 0 Å². The van der Waals surface area contributed by atoms with Crippen LogP contribution in [0.4, 0.5) is 4.39 Å². The van der Waals surface area contributed by atoms with E-state index >= 15 is 0 Å². The Kier molecular flexibility index (Phi) is 5.69. The van der Waals surface area contributed by atoms with Gasteiger partial charge in [0, 0.05) is 57.0 Å². The van der Waals surface area contributed by atoms with Crippen LogP contribution in [-0.4, -0.2) is 66.1 Å². The van der Waals surface area contributed by atoms with Crippen LogP contribution in [0.3, 0.4) is 0 Å². The SMILES string of the molecule is CN1NC(CCNC(=O)CCN2C(=O)C=CC2=O)=CN1CCF. The van der Waals surface area contributed by atoms with Crippen molar-refractivity contribution in [3.63, 3.8) is 0 Å². The Labute approximate surface area is 133 Å². The predicted octanol–water partition coefficient (Wildman–Crippen LogP) is -0.714. The number of hydrogen-bond acceptors (Lipinski definition) is 6. The number of halogens is 1. The van der Waals surface area contributed by atoms with E-state index in [4.69, 9.17) is 0 Å². The van der Waals surface area contributed by atoms with E-state index in [0.29, 0.717) is 13.0 Å². The van der Waals surface area contributed by atoms with Gasteiger partial charge in [0.1, 0.15) is 6.67 Å². The molecule has 0 aromatic rings. The molecule has 0 radical (unpaired) electrons. The smallest absolute Gasteiger partial charge is 0.253 e. The van der Waals surface area contributed by atoms with Gasteiger partial charge in [-0.05, 0) is 0 Å². The number of hydrogen-bond donors (Lipinski definition) is 2. The molecule has 8 nitrogen and oxygen atoms in total. The van der Waals surface area contributed by atoms with Crippen LogP contribution in [0.2, 0.25) is 0 Å². The summed E-state index contributed by atoms with van der Waals surface area (Å²) in [5.41, 5.74) is 3.92. The molecule has 2 N–H and O–H groups in total. The average Bonchev–Trinajstić information content (AvgIpc) is 3.01. The minimum atomic E-state index is -0.449. The number of carbonyl (C=O) groups excluding carboxylic acids is 3. The first-order chi connectivity index (χ1) is 11.0. The number of nitrogens with zero attached hydrogens (tertiary/aromatic N) is 3. The minimum Gasteiger partial charge on any atom is -0.356 e. The highest BCUT2D eigenvalue weighted by atomic mass is 19.1. The summed E-state index contributed by atoms with van der Waals surface area (Å²) in [6, 6.07) is 0. The van der Waals surface area contributed by atoms with Gasteiger partial charge in [-0.2, -0.15) is 0 Å². The second-order valence-electron chi connectivity index (χ2n) is 5.15. The molecule has 0 spiro atoms. The van der Waals surface area contributed by atoms with E-state index in [2.05, 4.69) is 10.7 Å². The van der Waals surface area contributed by atoms with E-state index < -0.39 is 6.67 Å². The van der Waals surface area contributed by atoms with Gasteiger partial charge >= 0.3 is 0 Å². The van der Waals surface area contributed by atoms with Crippen molar-refractivity contribution in [3.05, 3.63) is 24.0 Å². The van der Waals surface area contributed by atoms with E-state index in [0.717, 1.165) is 10.6 Å². The molecule has 0 saturated heterocycles. The number of rotatable bonds is 8. The number of carbonyl (C=O) groups is 3. The van der Waals surface area contributed by atoms with E-state index in [1.54, 1.807) is 23.4 Å². The fraction of sp³-hybridized carbons (Fsp3) is 0.500. The van der Waals surface area contributed by atoms with Crippen molar-refractivity contribution >= 4 is 17.7 Å².